The maximum atomic E-state index is 12.7. The molecule has 0 spiro atoms. The second-order valence-corrected chi connectivity index (χ2v) is 5.91. The van der Waals surface area contributed by atoms with Crippen molar-refractivity contribution >= 4 is 11.0 Å². The molecule has 0 saturated carbocycles. The molecule has 0 bridgehead atoms. The van der Waals surface area contributed by atoms with Gasteiger partial charge in [-0.25, -0.2) is 9.97 Å². The zero-order chi connectivity index (χ0) is 19.7. The van der Waals surface area contributed by atoms with Crippen molar-refractivity contribution in [2.75, 3.05) is 0 Å². The number of hydrogen-bond acceptors (Lipinski definition) is 4. The number of hydrogen-bond donors (Lipinski definition) is 1. The van der Waals surface area contributed by atoms with Crippen LogP contribution in [0.1, 0.15) is 5.56 Å². The van der Waals surface area contributed by atoms with E-state index >= 15 is 0 Å². The van der Waals surface area contributed by atoms with E-state index in [1.54, 1.807) is 24.3 Å². The molecule has 0 aliphatic heterocycles. The Morgan fingerprint density at radius 2 is 1.75 bits per heavy atom. The molecule has 8 heteroatoms. The van der Waals surface area contributed by atoms with Crippen molar-refractivity contribution in [2.45, 2.75) is 6.18 Å². The first-order valence-electron chi connectivity index (χ1n) is 8.21. The highest BCUT2D eigenvalue weighted by Crippen LogP contribution is 2.33. The first kappa shape index (κ1) is 17.7. The Morgan fingerprint density at radius 1 is 0.964 bits per heavy atom. The topological polar surface area (TPSA) is 67.9 Å². The average Bonchev–Trinajstić information content (AvgIpc) is 2.68. The van der Waals surface area contributed by atoms with E-state index in [0.717, 1.165) is 12.1 Å². The molecular formula is C20H12F3N3O2. The Kier molecular flexibility index (Phi) is 4.31. The van der Waals surface area contributed by atoms with Crippen molar-refractivity contribution in [3.63, 3.8) is 0 Å². The van der Waals surface area contributed by atoms with Gasteiger partial charge in [-0.3, -0.25) is 4.79 Å². The number of nitrogens with zero attached hydrogens (tertiary/aromatic N) is 2. The number of rotatable bonds is 3. The van der Waals surface area contributed by atoms with E-state index in [9.17, 15) is 18.0 Å². The predicted octanol–water partition coefficient (Wildman–Crippen LogP) is 4.80. The summed E-state index contributed by atoms with van der Waals surface area (Å²) >= 11 is 0. The number of ether oxygens (including phenoxy) is 1. The molecule has 0 aliphatic rings. The summed E-state index contributed by atoms with van der Waals surface area (Å²) in [5, 5.41) is 0.445. The van der Waals surface area contributed by atoms with Crippen LogP contribution in [0.25, 0.3) is 22.3 Å². The molecule has 0 aliphatic carbocycles. The Hall–Kier alpha value is -3.68. The van der Waals surface area contributed by atoms with E-state index in [-0.39, 0.29) is 17.1 Å². The smallest absolute Gasteiger partial charge is 0.416 e. The monoisotopic (exact) mass is 383 g/mol. The van der Waals surface area contributed by atoms with Crippen LogP contribution in [-0.4, -0.2) is 15.0 Å². The highest BCUT2D eigenvalue weighted by atomic mass is 19.4. The number of benzene rings is 1. The predicted molar refractivity (Wildman–Crippen MR) is 97.1 cm³/mol. The normalized spacial score (nSPS) is 11.5. The maximum absolute atomic E-state index is 12.7. The molecule has 3 heterocycles. The summed E-state index contributed by atoms with van der Waals surface area (Å²) in [7, 11) is 0. The zero-order valence-corrected chi connectivity index (χ0v) is 14.2. The van der Waals surface area contributed by atoms with Crippen LogP contribution in [0.2, 0.25) is 0 Å². The minimum atomic E-state index is -4.42. The van der Waals surface area contributed by atoms with Gasteiger partial charge in [-0.2, -0.15) is 13.2 Å². The lowest BCUT2D eigenvalue weighted by Crippen LogP contribution is -2.04. The lowest BCUT2D eigenvalue weighted by atomic mass is 10.1. The number of fused-ring (bicyclic) bond motifs is 1. The third kappa shape index (κ3) is 3.44. The summed E-state index contributed by atoms with van der Waals surface area (Å²) < 4.78 is 43.8. The number of aromatic nitrogens is 3. The van der Waals surface area contributed by atoms with Gasteiger partial charge in [0.1, 0.15) is 11.4 Å². The fourth-order valence-electron chi connectivity index (χ4n) is 2.69. The largest absolute Gasteiger partial charge is 0.438 e. The number of pyridine rings is 3. The summed E-state index contributed by atoms with van der Waals surface area (Å²) in [5.41, 5.74) is 0.536. The zero-order valence-electron chi connectivity index (χ0n) is 14.2. The second-order valence-electron chi connectivity index (χ2n) is 5.91. The highest BCUT2D eigenvalue weighted by molar-refractivity contribution is 5.78. The van der Waals surface area contributed by atoms with E-state index in [1.807, 2.05) is 0 Å². The first-order valence-corrected chi connectivity index (χ1v) is 8.21. The molecule has 1 aromatic carbocycles. The van der Waals surface area contributed by atoms with Crippen LogP contribution in [0.15, 0.2) is 71.8 Å². The Labute approximate surface area is 156 Å². The number of halogens is 3. The van der Waals surface area contributed by atoms with Crippen molar-refractivity contribution in [1.29, 1.82) is 0 Å². The van der Waals surface area contributed by atoms with Crippen LogP contribution in [0.4, 0.5) is 13.2 Å². The van der Waals surface area contributed by atoms with E-state index in [4.69, 9.17) is 4.74 Å². The fourth-order valence-corrected chi connectivity index (χ4v) is 2.69. The SMILES string of the molecule is O=c1cc[nH]c2nc(-c3cccnc3Oc3ccc(C(F)(F)F)cc3)ccc12. The van der Waals surface area contributed by atoms with Crippen LogP contribution >= 0.6 is 0 Å². The Morgan fingerprint density at radius 3 is 2.50 bits per heavy atom. The molecule has 0 fully saturated rings. The van der Waals surface area contributed by atoms with Crippen LogP contribution in [0.3, 0.4) is 0 Å². The van der Waals surface area contributed by atoms with Gasteiger partial charge in [0.2, 0.25) is 5.88 Å². The summed E-state index contributed by atoms with van der Waals surface area (Å²) in [6.45, 7) is 0. The van der Waals surface area contributed by atoms with Crippen molar-refractivity contribution in [1.82, 2.24) is 15.0 Å². The minimum Gasteiger partial charge on any atom is -0.438 e. The summed E-state index contributed by atoms with van der Waals surface area (Å²) in [6.07, 6.45) is -1.41. The maximum Gasteiger partial charge on any atom is 0.416 e. The van der Waals surface area contributed by atoms with Crippen LogP contribution < -0.4 is 10.2 Å². The van der Waals surface area contributed by atoms with E-state index in [1.165, 1.54) is 30.6 Å². The number of H-pyrrole nitrogens is 1. The molecule has 28 heavy (non-hydrogen) atoms. The molecule has 1 N–H and O–H groups in total. The molecule has 0 radical (unpaired) electrons. The number of alkyl halides is 3. The van der Waals surface area contributed by atoms with E-state index in [2.05, 4.69) is 15.0 Å². The molecule has 5 nitrogen and oxygen atoms in total. The molecule has 0 amide bonds. The summed E-state index contributed by atoms with van der Waals surface area (Å²) in [4.78, 5) is 23.4. The van der Waals surface area contributed by atoms with Gasteiger partial charge < -0.3 is 9.72 Å². The third-order valence-electron chi connectivity index (χ3n) is 4.06. The van der Waals surface area contributed by atoms with Crippen LogP contribution in [0, 0.1) is 0 Å². The third-order valence-corrected chi connectivity index (χ3v) is 4.06. The van der Waals surface area contributed by atoms with Gasteiger partial charge in [-0.05, 0) is 48.5 Å². The first-order chi connectivity index (χ1) is 13.4. The van der Waals surface area contributed by atoms with Gasteiger partial charge in [0.15, 0.2) is 5.43 Å². The molecule has 4 aromatic rings. The molecular weight excluding hydrogens is 371 g/mol. The van der Waals surface area contributed by atoms with Gasteiger partial charge >= 0.3 is 6.18 Å². The van der Waals surface area contributed by atoms with Crippen molar-refractivity contribution in [3.8, 4) is 22.9 Å². The highest BCUT2D eigenvalue weighted by Gasteiger charge is 2.30. The molecule has 4 rings (SSSR count). The molecule has 0 atom stereocenters. The van der Waals surface area contributed by atoms with Gasteiger partial charge in [-0.1, -0.05) is 0 Å². The second kappa shape index (κ2) is 6.80. The lowest BCUT2D eigenvalue weighted by molar-refractivity contribution is -0.137. The molecule has 3 aromatic heterocycles. The van der Waals surface area contributed by atoms with E-state index in [0.29, 0.717) is 22.3 Å². The molecule has 0 unspecified atom stereocenters. The number of nitrogens with one attached hydrogen (secondary N) is 1. The van der Waals surface area contributed by atoms with Crippen LogP contribution in [-0.2, 0) is 6.18 Å². The quantitative estimate of drug-likeness (QED) is 0.552. The molecule has 140 valence electrons. The number of aromatic amines is 1. The lowest BCUT2D eigenvalue weighted by Gasteiger charge is -2.11. The standard InChI is InChI=1S/C20H12F3N3O2/c21-20(22,23)12-3-5-13(6-4-12)28-19-14(2-1-10-25-19)16-8-7-15-17(27)9-11-24-18(15)26-16/h1-11H,(H,24,26,27). The summed E-state index contributed by atoms with van der Waals surface area (Å²) in [6, 6.07) is 12.5. The summed E-state index contributed by atoms with van der Waals surface area (Å²) in [5.74, 6) is 0.398. The Bertz CT molecular complexity index is 1200. The Balaban J connectivity index is 1.70. The minimum absolute atomic E-state index is 0.153. The van der Waals surface area contributed by atoms with E-state index < -0.39 is 11.7 Å². The van der Waals surface area contributed by atoms with Crippen LogP contribution in [0.5, 0.6) is 11.6 Å². The van der Waals surface area contributed by atoms with Gasteiger partial charge in [0, 0.05) is 18.5 Å². The molecule has 0 saturated heterocycles. The fraction of sp³-hybridized carbons (Fsp3) is 0.0500. The van der Waals surface area contributed by atoms with Gasteiger partial charge in [0.05, 0.1) is 22.2 Å². The van der Waals surface area contributed by atoms with Crippen molar-refractivity contribution in [3.05, 3.63) is 82.8 Å². The average molecular weight is 383 g/mol. The van der Waals surface area contributed by atoms with Gasteiger partial charge in [0.25, 0.3) is 0 Å². The van der Waals surface area contributed by atoms with Crippen molar-refractivity contribution < 1.29 is 17.9 Å². The van der Waals surface area contributed by atoms with Gasteiger partial charge in [-0.15, -0.1) is 0 Å². The van der Waals surface area contributed by atoms with Crippen molar-refractivity contribution in [2.24, 2.45) is 0 Å².